The maximum atomic E-state index is 13.8. The molecule has 1 fully saturated rings. The Hall–Kier alpha value is -2.38. The number of aryl methyl sites for hydroxylation is 1. The predicted molar refractivity (Wildman–Crippen MR) is 138 cm³/mol. The van der Waals surface area contributed by atoms with Crippen LogP contribution in [0.1, 0.15) is 51.0 Å². The first-order valence-electron chi connectivity index (χ1n) is 12.7. The third-order valence-corrected chi connectivity index (χ3v) is 7.64. The van der Waals surface area contributed by atoms with Gasteiger partial charge in [0, 0.05) is 26.1 Å². The highest BCUT2D eigenvalue weighted by Crippen LogP contribution is 2.45. The molecule has 1 aromatic rings. The molecule has 7 nitrogen and oxygen atoms in total. The number of allylic oxidation sites excluding steroid dienone is 1. The Morgan fingerprint density at radius 1 is 1.11 bits per heavy atom. The predicted octanol–water partition coefficient (Wildman–Crippen LogP) is 3.93. The molecule has 1 heterocycles. The second-order valence-corrected chi connectivity index (χ2v) is 10.0. The van der Waals surface area contributed by atoms with Crippen molar-refractivity contribution in [1.82, 2.24) is 10.2 Å². The van der Waals surface area contributed by atoms with Crippen LogP contribution in [0, 0.1) is 30.6 Å². The van der Waals surface area contributed by atoms with Crippen LogP contribution in [0.2, 0.25) is 5.02 Å². The van der Waals surface area contributed by atoms with E-state index in [1.807, 2.05) is 31.2 Å². The van der Waals surface area contributed by atoms with E-state index in [-0.39, 0.29) is 30.2 Å². The van der Waals surface area contributed by atoms with Crippen LogP contribution in [0.5, 0.6) is 0 Å². The second-order valence-electron chi connectivity index (χ2n) is 9.62. The van der Waals surface area contributed by atoms with Crippen molar-refractivity contribution in [3.05, 3.63) is 40.9 Å². The standard InChI is InChI=1S/C27H38ClN3O4/c1-4-10-18-13-14-19-22(21(18)25(33)29-3)27(35)31(15-7-5-6-8-16-32)24(19)26(34)30-23-17(2)11-9-12-20(23)28/h9,11-14,18-19,21-22,24,32H,4-8,10,15-16H2,1-3H3,(H,29,33)(H,30,34)/t18-,19+,21-,22-,24+/m1/s1. The van der Waals surface area contributed by atoms with Gasteiger partial charge in [0.25, 0.3) is 0 Å². The number of amides is 3. The molecule has 3 rings (SSSR count). The van der Waals surface area contributed by atoms with Gasteiger partial charge in [-0.2, -0.15) is 0 Å². The minimum absolute atomic E-state index is 0.0378. The molecule has 3 amide bonds. The molecule has 1 aromatic carbocycles. The summed E-state index contributed by atoms with van der Waals surface area (Å²) in [5, 5.41) is 15.2. The molecule has 192 valence electrons. The van der Waals surface area contributed by atoms with E-state index >= 15 is 0 Å². The summed E-state index contributed by atoms with van der Waals surface area (Å²) in [6.07, 6.45) is 8.88. The zero-order valence-corrected chi connectivity index (χ0v) is 21.7. The molecule has 8 heteroatoms. The Balaban J connectivity index is 1.94. The van der Waals surface area contributed by atoms with Gasteiger partial charge in [-0.1, -0.05) is 62.1 Å². The topological polar surface area (TPSA) is 98.7 Å². The molecule has 1 saturated heterocycles. The number of aliphatic hydroxyl groups excluding tert-OH is 1. The van der Waals surface area contributed by atoms with Crippen LogP contribution >= 0.6 is 11.6 Å². The number of nitrogens with zero attached hydrogens (tertiary/aromatic N) is 1. The summed E-state index contributed by atoms with van der Waals surface area (Å²) in [6, 6.07) is 4.71. The molecule has 0 unspecified atom stereocenters. The fraction of sp³-hybridized carbons (Fsp3) is 0.593. The Labute approximate surface area is 213 Å². The molecule has 0 bridgehead atoms. The average Bonchev–Trinajstić information content (AvgIpc) is 3.12. The zero-order chi connectivity index (χ0) is 25.5. The maximum Gasteiger partial charge on any atom is 0.247 e. The lowest BCUT2D eigenvalue weighted by Gasteiger charge is -2.34. The molecule has 1 aliphatic heterocycles. The maximum absolute atomic E-state index is 13.8. The molecular weight excluding hydrogens is 466 g/mol. The fourth-order valence-corrected chi connectivity index (χ4v) is 5.88. The van der Waals surface area contributed by atoms with E-state index in [0.29, 0.717) is 17.3 Å². The van der Waals surface area contributed by atoms with Crippen molar-refractivity contribution in [3.8, 4) is 0 Å². The van der Waals surface area contributed by atoms with Gasteiger partial charge in [-0.15, -0.1) is 0 Å². The van der Waals surface area contributed by atoms with Crippen molar-refractivity contribution in [2.24, 2.45) is 23.7 Å². The van der Waals surface area contributed by atoms with E-state index in [0.717, 1.165) is 44.1 Å². The van der Waals surface area contributed by atoms with E-state index in [4.69, 9.17) is 16.7 Å². The van der Waals surface area contributed by atoms with Crippen LogP contribution in [-0.4, -0.2) is 54.0 Å². The highest BCUT2D eigenvalue weighted by molar-refractivity contribution is 6.34. The number of carbonyl (C=O) groups is 3. The van der Waals surface area contributed by atoms with Crippen LogP contribution in [0.15, 0.2) is 30.4 Å². The molecule has 0 radical (unpaired) electrons. The van der Waals surface area contributed by atoms with Gasteiger partial charge < -0.3 is 20.6 Å². The number of hydrogen-bond acceptors (Lipinski definition) is 4. The summed E-state index contributed by atoms with van der Waals surface area (Å²) in [4.78, 5) is 42.1. The minimum atomic E-state index is -0.716. The lowest BCUT2D eigenvalue weighted by molar-refractivity contribution is -0.140. The normalized spacial score (nSPS) is 25.5. The minimum Gasteiger partial charge on any atom is -0.396 e. The summed E-state index contributed by atoms with van der Waals surface area (Å²) in [5.74, 6) is -2.07. The number of nitrogens with one attached hydrogen (secondary N) is 2. The molecule has 5 atom stereocenters. The van der Waals surface area contributed by atoms with E-state index < -0.39 is 23.8 Å². The van der Waals surface area contributed by atoms with E-state index in [9.17, 15) is 14.4 Å². The van der Waals surface area contributed by atoms with Gasteiger partial charge in [0.05, 0.1) is 22.5 Å². The number of unbranched alkanes of at least 4 members (excludes halogenated alkanes) is 3. The number of para-hydroxylation sites is 1. The smallest absolute Gasteiger partial charge is 0.247 e. The third kappa shape index (κ3) is 5.89. The van der Waals surface area contributed by atoms with Crippen molar-refractivity contribution in [2.45, 2.75) is 58.4 Å². The van der Waals surface area contributed by atoms with E-state index in [2.05, 4.69) is 17.6 Å². The molecule has 2 aliphatic rings. The lowest BCUT2D eigenvalue weighted by atomic mass is 9.68. The SMILES string of the molecule is CCC[C@@H]1C=C[C@H]2[C@@H](C(=O)N(CCCCCCO)[C@@H]2C(=O)Nc2c(C)cccc2Cl)[C@@H]1C(=O)NC. The van der Waals surface area contributed by atoms with Gasteiger partial charge in [-0.25, -0.2) is 0 Å². The Kier molecular flexibility index (Phi) is 9.75. The Morgan fingerprint density at radius 3 is 2.51 bits per heavy atom. The van der Waals surface area contributed by atoms with Crippen molar-refractivity contribution >= 4 is 35.0 Å². The number of carbonyl (C=O) groups excluding carboxylic acids is 3. The summed E-state index contributed by atoms with van der Waals surface area (Å²) in [6.45, 7) is 4.52. The number of aliphatic hydroxyl groups is 1. The fourth-order valence-electron chi connectivity index (χ4n) is 5.61. The second kappa shape index (κ2) is 12.5. The first kappa shape index (κ1) is 27.2. The number of likely N-dealkylation sites (tertiary alicyclic amines) is 1. The molecule has 0 saturated carbocycles. The quantitative estimate of drug-likeness (QED) is 0.315. The van der Waals surface area contributed by atoms with Gasteiger partial charge in [0.15, 0.2) is 0 Å². The van der Waals surface area contributed by atoms with Crippen LogP contribution in [0.3, 0.4) is 0 Å². The lowest BCUT2D eigenvalue weighted by Crippen LogP contribution is -2.45. The molecule has 1 aliphatic carbocycles. The van der Waals surface area contributed by atoms with Crippen LogP contribution < -0.4 is 10.6 Å². The Morgan fingerprint density at radius 2 is 1.86 bits per heavy atom. The summed E-state index contributed by atoms with van der Waals surface area (Å²) in [5.41, 5.74) is 1.39. The number of anilines is 1. The van der Waals surface area contributed by atoms with Gasteiger partial charge >= 0.3 is 0 Å². The van der Waals surface area contributed by atoms with Crippen molar-refractivity contribution in [3.63, 3.8) is 0 Å². The van der Waals surface area contributed by atoms with E-state index in [1.54, 1.807) is 18.0 Å². The largest absolute Gasteiger partial charge is 0.396 e. The number of benzene rings is 1. The monoisotopic (exact) mass is 503 g/mol. The highest BCUT2D eigenvalue weighted by Gasteiger charge is 2.56. The number of fused-ring (bicyclic) bond motifs is 1. The number of rotatable bonds is 11. The molecule has 35 heavy (non-hydrogen) atoms. The van der Waals surface area contributed by atoms with Crippen LogP contribution in [0.25, 0.3) is 0 Å². The molecule has 0 aromatic heterocycles. The van der Waals surface area contributed by atoms with Crippen molar-refractivity contribution in [1.29, 1.82) is 0 Å². The van der Waals surface area contributed by atoms with Gasteiger partial charge in [0.1, 0.15) is 6.04 Å². The highest BCUT2D eigenvalue weighted by atomic mass is 35.5. The molecule has 0 spiro atoms. The summed E-state index contributed by atoms with van der Waals surface area (Å²) >= 11 is 6.37. The number of hydrogen-bond donors (Lipinski definition) is 3. The number of halogens is 1. The molecular formula is C27H38ClN3O4. The van der Waals surface area contributed by atoms with Gasteiger partial charge in [-0.05, 0) is 43.7 Å². The third-order valence-electron chi connectivity index (χ3n) is 7.33. The van der Waals surface area contributed by atoms with Crippen LogP contribution in [0.4, 0.5) is 5.69 Å². The Bertz CT molecular complexity index is 930. The summed E-state index contributed by atoms with van der Waals surface area (Å²) < 4.78 is 0. The first-order chi connectivity index (χ1) is 16.8. The van der Waals surface area contributed by atoms with Crippen molar-refractivity contribution < 1.29 is 19.5 Å². The van der Waals surface area contributed by atoms with Crippen LogP contribution in [-0.2, 0) is 14.4 Å². The van der Waals surface area contributed by atoms with E-state index in [1.165, 1.54) is 0 Å². The zero-order valence-electron chi connectivity index (χ0n) is 20.9. The average molecular weight is 504 g/mol. The van der Waals surface area contributed by atoms with Crippen molar-refractivity contribution in [2.75, 3.05) is 25.5 Å². The summed E-state index contributed by atoms with van der Waals surface area (Å²) in [7, 11) is 1.60. The van der Waals surface area contributed by atoms with Gasteiger partial charge in [-0.3, -0.25) is 14.4 Å². The van der Waals surface area contributed by atoms with Gasteiger partial charge in [0.2, 0.25) is 17.7 Å². The first-order valence-corrected chi connectivity index (χ1v) is 13.1. The molecule has 3 N–H and O–H groups in total.